The number of carbonyl (C=O) groups is 1. The minimum Gasteiger partial charge on any atom is -0.495 e. The Kier molecular flexibility index (Phi) is 5.99. The normalized spacial score (nSPS) is 14.5. The second-order valence-electron chi connectivity index (χ2n) is 6.46. The molecule has 2 aromatic rings. The highest BCUT2D eigenvalue weighted by molar-refractivity contribution is 7.93. The molecule has 0 atom stereocenters. The van der Waals surface area contributed by atoms with Gasteiger partial charge in [-0.3, -0.25) is 9.52 Å². The van der Waals surface area contributed by atoms with Crippen LogP contribution >= 0.6 is 23.2 Å². The summed E-state index contributed by atoms with van der Waals surface area (Å²) in [5.74, 6) is 0.198. The maximum absolute atomic E-state index is 12.6. The zero-order valence-electron chi connectivity index (χ0n) is 14.7. The second kappa shape index (κ2) is 8.09. The molecule has 0 spiro atoms. The van der Waals surface area contributed by atoms with Crippen LogP contribution in [0.1, 0.15) is 35.2 Å². The van der Waals surface area contributed by atoms with Crippen LogP contribution in [0.2, 0.25) is 10.0 Å². The minimum atomic E-state index is -3.49. The highest BCUT2D eigenvalue weighted by atomic mass is 35.5. The second-order valence-corrected chi connectivity index (χ2v) is 9.24. The van der Waals surface area contributed by atoms with E-state index in [-0.39, 0.29) is 17.9 Å². The molecule has 0 amide bonds. The van der Waals surface area contributed by atoms with Gasteiger partial charge in [0.2, 0.25) is 10.0 Å². The largest absolute Gasteiger partial charge is 0.495 e. The molecule has 1 aliphatic rings. The zero-order chi connectivity index (χ0) is 19.6. The van der Waals surface area contributed by atoms with Crippen LogP contribution in [0.25, 0.3) is 0 Å². The predicted octanol–water partition coefficient (Wildman–Crippen LogP) is 4.72. The van der Waals surface area contributed by atoms with Crippen LogP contribution in [0.15, 0.2) is 36.4 Å². The molecule has 27 heavy (non-hydrogen) atoms. The van der Waals surface area contributed by atoms with Gasteiger partial charge in [0.25, 0.3) is 0 Å². The maximum Gasteiger partial charge on any atom is 0.235 e. The van der Waals surface area contributed by atoms with Crippen molar-refractivity contribution in [1.82, 2.24) is 0 Å². The molecule has 144 valence electrons. The van der Waals surface area contributed by atoms with E-state index in [1.165, 1.54) is 13.2 Å². The molecule has 0 saturated heterocycles. The third kappa shape index (κ3) is 4.57. The number of hydrogen-bond acceptors (Lipinski definition) is 4. The van der Waals surface area contributed by atoms with E-state index in [0.29, 0.717) is 34.2 Å². The van der Waals surface area contributed by atoms with Crippen LogP contribution < -0.4 is 9.46 Å². The number of carbonyl (C=O) groups excluding carboxylic acids is 1. The molecule has 1 aliphatic carbocycles. The van der Waals surface area contributed by atoms with Crippen LogP contribution in [0.3, 0.4) is 0 Å². The lowest BCUT2D eigenvalue weighted by Crippen LogP contribution is -2.33. The number of Topliss-reactive ketones (excluding diaryl/α,β-unsaturated/α-hetero) is 1. The molecule has 0 bridgehead atoms. The standard InChI is InChI=1S/C19H19Cl2NO4S/c1-26-19-8-6-13(11-17(19)22-27(24,25)14-3-2-4-14)18(23)10-12-5-7-15(20)16(21)9-12/h5-9,11,14,22H,2-4,10H2,1H3. The first kappa shape index (κ1) is 20.0. The Morgan fingerprint density at radius 3 is 2.48 bits per heavy atom. The molecule has 1 N–H and O–H groups in total. The lowest BCUT2D eigenvalue weighted by molar-refractivity contribution is 0.0993. The smallest absolute Gasteiger partial charge is 0.235 e. The highest BCUT2D eigenvalue weighted by Gasteiger charge is 2.32. The number of hydrogen-bond donors (Lipinski definition) is 1. The van der Waals surface area contributed by atoms with Gasteiger partial charge in [-0.15, -0.1) is 0 Å². The average Bonchev–Trinajstić information content (AvgIpc) is 2.55. The fraction of sp³-hybridized carbons (Fsp3) is 0.316. The number of methoxy groups -OCH3 is 1. The topological polar surface area (TPSA) is 72.5 Å². The van der Waals surface area contributed by atoms with E-state index >= 15 is 0 Å². The fourth-order valence-corrected chi connectivity index (χ4v) is 4.72. The number of rotatable bonds is 7. The van der Waals surface area contributed by atoms with Gasteiger partial charge in [-0.05, 0) is 48.7 Å². The molecule has 0 aliphatic heterocycles. The molecule has 8 heteroatoms. The van der Waals surface area contributed by atoms with Crippen molar-refractivity contribution in [3.05, 3.63) is 57.6 Å². The highest BCUT2D eigenvalue weighted by Crippen LogP contribution is 2.32. The summed E-state index contributed by atoms with van der Waals surface area (Å²) in [4.78, 5) is 12.6. The van der Waals surface area contributed by atoms with Gasteiger partial charge >= 0.3 is 0 Å². The summed E-state index contributed by atoms with van der Waals surface area (Å²) >= 11 is 11.9. The van der Waals surface area contributed by atoms with Crippen LogP contribution in [0, 0.1) is 0 Å². The quantitative estimate of drug-likeness (QED) is 0.648. The van der Waals surface area contributed by atoms with Gasteiger partial charge in [-0.1, -0.05) is 35.7 Å². The molecule has 0 unspecified atom stereocenters. The number of sulfonamides is 1. The van der Waals surface area contributed by atoms with Gasteiger partial charge in [0, 0.05) is 12.0 Å². The summed E-state index contributed by atoms with van der Waals surface area (Å²) in [5.41, 5.74) is 1.37. The van der Waals surface area contributed by atoms with Crippen molar-refractivity contribution in [2.75, 3.05) is 11.8 Å². The number of anilines is 1. The third-order valence-electron chi connectivity index (χ3n) is 4.61. The van der Waals surface area contributed by atoms with Gasteiger partial charge < -0.3 is 4.74 Å². The molecular formula is C19H19Cl2NO4S. The summed E-state index contributed by atoms with van der Waals surface area (Å²) in [7, 11) is -2.04. The first-order valence-electron chi connectivity index (χ1n) is 8.47. The van der Waals surface area contributed by atoms with Crippen molar-refractivity contribution < 1.29 is 17.9 Å². The van der Waals surface area contributed by atoms with Gasteiger partial charge in [-0.2, -0.15) is 0 Å². The maximum atomic E-state index is 12.6. The summed E-state index contributed by atoms with van der Waals surface area (Å²) < 4.78 is 32.6. The summed E-state index contributed by atoms with van der Waals surface area (Å²) in [6.07, 6.45) is 2.32. The average molecular weight is 428 g/mol. The first-order valence-corrected chi connectivity index (χ1v) is 10.8. The molecule has 0 heterocycles. The predicted molar refractivity (Wildman–Crippen MR) is 108 cm³/mol. The number of benzene rings is 2. The molecule has 1 fully saturated rings. The van der Waals surface area contributed by atoms with E-state index in [0.717, 1.165) is 12.0 Å². The van der Waals surface area contributed by atoms with Crippen LogP contribution in [0.5, 0.6) is 5.75 Å². The lowest BCUT2D eigenvalue weighted by atomic mass is 10.0. The SMILES string of the molecule is COc1ccc(C(=O)Cc2ccc(Cl)c(Cl)c2)cc1NS(=O)(=O)C1CCC1. The monoisotopic (exact) mass is 427 g/mol. The van der Waals surface area contributed by atoms with E-state index in [2.05, 4.69) is 4.72 Å². The Morgan fingerprint density at radius 1 is 1.15 bits per heavy atom. The Bertz CT molecular complexity index is 972. The summed E-state index contributed by atoms with van der Waals surface area (Å²) in [6, 6.07) is 9.72. The molecule has 3 rings (SSSR count). The van der Waals surface area contributed by atoms with E-state index in [1.807, 2.05) is 0 Å². The first-order chi connectivity index (χ1) is 12.8. The van der Waals surface area contributed by atoms with Crippen molar-refractivity contribution in [2.45, 2.75) is 30.9 Å². The molecule has 1 saturated carbocycles. The van der Waals surface area contributed by atoms with Crippen molar-refractivity contribution >= 4 is 44.7 Å². The van der Waals surface area contributed by atoms with Crippen molar-refractivity contribution in [3.8, 4) is 5.75 Å². The van der Waals surface area contributed by atoms with Crippen molar-refractivity contribution in [1.29, 1.82) is 0 Å². The molecule has 2 aromatic carbocycles. The Balaban J connectivity index is 1.83. The van der Waals surface area contributed by atoms with E-state index in [9.17, 15) is 13.2 Å². The molecule has 0 aromatic heterocycles. The van der Waals surface area contributed by atoms with Crippen LogP contribution in [-0.2, 0) is 16.4 Å². The van der Waals surface area contributed by atoms with E-state index in [4.69, 9.17) is 27.9 Å². The van der Waals surface area contributed by atoms with Crippen LogP contribution in [-0.4, -0.2) is 26.6 Å². The molecule has 0 radical (unpaired) electrons. The zero-order valence-corrected chi connectivity index (χ0v) is 17.0. The lowest BCUT2D eigenvalue weighted by Gasteiger charge is -2.26. The van der Waals surface area contributed by atoms with E-state index < -0.39 is 15.3 Å². The summed E-state index contributed by atoms with van der Waals surface area (Å²) in [5, 5.41) is 0.411. The number of halogens is 2. The molecule has 5 nitrogen and oxygen atoms in total. The fourth-order valence-electron chi connectivity index (χ4n) is 2.82. The van der Waals surface area contributed by atoms with Gasteiger partial charge in [0.05, 0.1) is 28.1 Å². The number of ether oxygens (including phenoxy) is 1. The van der Waals surface area contributed by atoms with Gasteiger partial charge in [0.15, 0.2) is 5.78 Å². The Morgan fingerprint density at radius 2 is 1.89 bits per heavy atom. The molecular weight excluding hydrogens is 409 g/mol. The minimum absolute atomic E-state index is 0.123. The number of ketones is 1. The van der Waals surface area contributed by atoms with Gasteiger partial charge in [-0.25, -0.2) is 8.42 Å². The van der Waals surface area contributed by atoms with E-state index in [1.54, 1.807) is 30.3 Å². The van der Waals surface area contributed by atoms with Crippen LogP contribution in [0.4, 0.5) is 5.69 Å². The number of nitrogens with one attached hydrogen (secondary N) is 1. The summed E-state index contributed by atoms with van der Waals surface area (Å²) in [6.45, 7) is 0. The van der Waals surface area contributed by atoms with Gasteiger partial charge in [0.1, 0.15) is 5.75 Å². The Labute approximate surface area is 168 Å². The van der Waals surface area contributed by atoms with Crippen molar-refractivity contribution in [3.63, 3.8) is 0 Å². The third-order valence-corrected chi connectivity index (χ3v) is 7.21. The Hall–Kier alpha value is -1.76. The van der Waals surface area contributed by atoms with Crippen molar-refractivity contribution in [2.24, 2.45) is 0 Å².